The molecule has 2 aliphatic heterocycles. The van der Waals surface area contributed by atoms with Gasteiger partial charge in [0.15, 0.2) is 4.90 Å². The molecule has 2 aromatic carbocycles. The van der Waals surface area contributed by atoms with Gasteiger partial charge in [0.25, 0.3) is 0 Å². The molecule has 0 saturated carbocycles. The highest BCUT2D eigenvalue weighted by molar-refractivity contribution is 8.03. The van der Waals surface area contributed by atoms with Crippen LogP contribution in [-0.2, 0) is 21.9 Å². The van der Waals surface area contributed by atoms with Gasteiger partial charge < -0.3 is 14.4 Å². The van der Waals surface area contributed by atoms with Gasteiger partial charge in [0.1, 0.15) is 0 Å². The molecular weight excluding hydrogens is 497 g/mol. The highest BCUT2D eigenvalue weighted by Crippen LogP contribution is 2.47. The van der Waals surface area contributed by atoms with E-state index < -0.39 is 10.1 Å². The number of thioether (sulfide) groups is 1. The number of allylic oxidation sites excluding steroid dienone is 2. The van der Waals surface area contributed by atoms with Crippen molar-refractivity contribution in [2.45, 2.75) is 62.6 Å². The lowest BCUT2D eigenvalue weighted by molar-refractivity contribution is 0.461. The molecule has 1 atom stereocenters. The molecule has 0 aliphatic carbocycles. The Morgan fingerprint density at radius 1 is 1.11 bits per heavy atom. The van der Waals surface area contributed by atoms with Crippen molar-refractivity contribution in [1.29, 1.82) is 0 Å². The van der Waals surface area contributed by atoms with Gasteiger partial charge in [0, 0.05) is 35.5 Å². The average molecular weight is 531 g/mol. The summed E-state index contributed by atoms with van der Waals surface area (Å²) in [7, 11) is -4.22. The number of anilines is 2. The number of rotatable bonds is 8. The lowest BCUT2D eigenvalue weighted by atomic mass is 10.1. The van der Waals surface area contributed by atoms with Crippen molar-refractivity contribution in [1.82, 2.24) is 0 Å². The first-order valence-corrected chi connectivity index (χ1v) is 15.5. The van der Waals surface area contributed by atoms with E-state index in [4.69, 9.17) is 0 Å². The molecule has 35 heavy (non-hydrogen) atoms. The van der Waals surface area contributed by atoms with Gasteiger partial charge in [0.2, 0.25) is 5.37 Å². The topological polar surface area (TPSA) is 63.7 Å². The van der Waals surface area contributed by atoms with Crippen LogP contribution in [0.4, 0.5) is 11.4 Å². The molecule has 0 fully saturated rings. The fraction of sp³-hybridized carbons (Fsp3) is 0.407. The predicted molar refractivity (Wildman–Crippen MR) is 150 cm³/mol. The van der Waals surface area contributed by atoms with Crippen molar-refractivity contribution in [2.24, 2.45) is 0 Å². The van der Waals surface area contributed by atoms with Crippen LogP contribution < -0.4 is 9.80 Å². The molecule has 1 unspecified atom stereocenters. The van der Waals surface area contributed by atoms with Gasteiger partial charge in [-0.25, -0.2) is 8.42 Å². The smallest absolute Gasteiger partial charge is 0.213 e. The first-order chi connectivity index (χ1) is 16.6. The van der Waals surface area contributed by atoms with Crippen LogP contribution >= 0.6 is 11.8 Å². The summed E-state index contributed by atoms with van der Waals surface area (Å²) in [6.45, 7) is 12.2. The second-order valence-electron chi connectivity index (χ2n) is 9.17. The number of hydrogen-bond acceptors (Lipinski definition) is 6. The van der Waals surface area contributed by atoms with E-state index in [9.17, 15) is 13.0 Å². The van der Waals surface area contributed by atoms with E-state index in [1.54, 1.807) is 0 Å². The molecular formula is C27H34N2O3S3. The quantitative estimate of drug-likeness (QED) is 0.249. The number of aryl methyl sites for hydroxylation is 3. The minimum absolute atomic E-state index is 0.110. The second-order valence-corrected chi connectivity index (χ2v) is 13.0. The summed E-state index contributed by atoms with van der Waals surface area (Å²) in [5, 5.41) is 1.35. The third-order valence-electron chi connectivity index (χ3n) is 6.57. The van der Waals surface area contributed by atoms with Crippen LogP contribution in [0.3, 0.4) is 0 Å². The van der Waals surface area contributed by atoms with Crippen molar-refractivity contribution in [3.05, 3.63) is 69.8 Å². The van der Waals surface area contributed by atoms with Gasteiger partial charge in [0.05, 0.1) is 26.5 Å². The van der Waals surface area contributed by atoms with Crippen LogP contribution in [0.1, 0.15) is 43.4 Å². The molecule has 188 valence electrons. The Bertz CT molecular complexity index is 1280. The van der Waals surface area contributed by atoms with E-state index in [0.29, 0.717) is 13.0 Å². The highest BCUT2D eigenvalue weighted by atomic mass is 32.2. The first-order valence-electron chi connectivity index (χ1n) is 12.1. The van der Waals surface area contributed by atoms with Gasteiger partial charge in [-0.1, -0.05) is 24.8 Å². The average Bonchev–Trinajstić information content (AvgIpc) is 3.29. The molecule has 0 N–H and O–H groups in total. The van der Waals surface area contributed by atoms with Gasteiger partial charge in [-0.2, -0.15) is 0 Å². The third-order valence-corrected chi connectivity index (χ3v) is 9.80. The van der Waals surface area contributed by atoms with Gasteiger partial charge >= 0.3 is 0 Å². The summed E-state index contributed by atoms with van der Waals surface area (Å²) >= 11 is 3.01. The molecule has 2 aromatic rings. The summed E-state index contributed by atoms with van der Waals surface area (Å²) in [5.41, 5.74) is 7.43. The normalized spacial score (nSPS) is 19.0. The molecule has 0 saturated heterocycles. The van der Waals surface area contributed by atoms with Gasteiger partial charge in [-0.05, 0) is 99.2 Å². The number of nitrogens with zero attached hydrogens (tertiary/aromatic N) is 2. The summed E-state index contributed by atoms with van der Waals surface area (Å²) in [4.78, 5) is 7.20. The number of fused-ring (bicyclic) bond motifs is 2. The fourth-order valence-electron chi connectivity index (χ4n) is 4.53. The third kappa shape index (κ3) is 5.93. The molecule has 0 radical (unpaired) electrons. The lowest BCUT2D eigenvalue weighted by Crippen LogP contribution is -2.32. The maximum absolute atomic E-state index is 11.2. The van der Waals surface area contributed by atoms with Crippen LogP contribution in [0.2, 0.25) is 0 Å². The van der Waals surface area contributed by atoms with E-state index in [2.05, 4.69) is 86.9 Å². The van der Waals surface area contributed by atoms with E-state index in [0.717, 1.165) is 18.7 Å². The van der Waals surface area contributed by atoms with Crippen molar-refractivity contribution < 1.29 is 13.0 Å². The Morgan fingerprint density at radius 2 is 1.86 bits per heavy atom. The number of benzene rings is 2. The molecule has 2 aliphatic rings. The molecule has 0 amide bonds. The molecule has 0 aromatic heterocycles. The van der Waals surface area contributed by atoms with E-state index in [-0.39, 0.29) is 11.1 Å². The largest absolute Gasteiger partial charge is 0.748 e. The molecule has 5 nitrogen and oxygen atoms in total. The zero-order valence-electron chi connectivity index (χ0n) is 21.0. The molecule has 0 bridgehead atoms. The molecule has 2 heterocycles. The number of thiol groups is 1. The molecule has 0 spiro atoms. The summed E-state index contributed by atoms with van der Waals surface area (Å²) in [5.74, 6) is -0.332. The van der Waals surface area contributed by atoms with Crippen LogP contribution in [0, 0.1) is 20.8 Å². The predicted octanol–water partition coefficient (Wildman–Crippen LogP) is 5.68. The van der Waals surface area contributed by atoms with E-state index >= 15 is 0 Å². The molecule has 8 heteroatoms. The van der Waals surface area contributed by atoms with Crippen molar-refractivity contribution >= 4 is 45.0 Å². The Kier molecular flexibility index (Phi) is 7.95. The Labute approximate surface area is 218 Å². The standard InChI is InChI=1S/C27H34N2O3S3/c1-6-21(16-26-28(7-2)22-13-18(3)9-10-24(22)33-26)17-27-29(11-8-12-35(30,31)32)23-14-19(4)20(5)15-25(23)34-27/h9-10,13-17,27H,6-8,11-12H2,1-5H3,(H,30,31,32)/b21-17+,26-16-. The van der Waals surface area contributed by atoms with E-state index in [1.165, 1.54) is 54.5 Å². The fourth-order valence-corrected chi connectivity index (χ4v) is 7.72. The maximum Gasteiger partial charge on any atom is 0.213 e. The minimum atomic E-state index is -4.22. The van der Waals surface area contributed by atoms with Crippen molar-refractivity contribution in [2.75, 3.05) is 28.6 Å². The van der Waals surface area contributed by atoms with Gasteiger partial charge in [-0.3, -0.25) is 0 Å². The lowest BCUT2D eigenvalue weighted by Gasteiger charge is -2.22. The first kappa shape index (κ1) is 26.2. The zero-order valence-corrected chi connectivity index (χ0v) is 23.6. The maximum atomic E-state index is 11.2. The summed E-state index contributed by atoms with van der Waals surface area (Å²) in [6, 6.07) is 11.1. The monoisotopic (exact) mass is 530 g/mol. The van der Waals surface area contributed by atoms with Crippen LogP contribution in [0.5, 0.6) is 0 Å². The SMILES string of the molecule is CCC(/C=C1\Sc2ccc(C)cc2N1CC)=C\C1[SH+]c2cc(C)c(C)cc2N1CCCS(=O)(=O)[O-]. The minimum Gasteiger partial charge on any atom is -0.748 e. The van der Waals surface area contributed by atoms with Gasteiger partial charge in [-0.15, -0.1) is 0 Å². The zero-order chi connectivity index (χ0) is 25.3. The Hall–Kier alpha value is -1.87. The van der Waals surface area contributed by atoms with Crippen molar-refractivity contribution in [3.63, 3.8) is 0 Å². The van der Waals surface area contributed by atoms with Crippen molar-refractivity contribution in [3.8, 4) is 0 Å². The summed E-state index contributed by atoms with van der Waals surface area (Å²) in [6.07, 6.45) is 5.86. The summed E-state index contributed by atoms with van der Waals surface area (Å²) < 4.78 is 33.7. The highest BCUT2D eigenvalue weighted by Gasteiger charge is 2.36. The Morgan fingerprint density at radius 3 is 2.54 bits per heavy atom. The molecule has 4 rings (SSSR count). The van der Waals surface area contributed by atoms with E-state index in [1.807, 2.05) is 11.8 Å². The van der Waals surface area contributed by atoms with Crippen LogP contribution in [0.15, 0.2) is 62.9 Å². The second kappa shape index (κ2) is 10.6. The number of hydrogen-bond donors (Lipinski definition) is 0. The van der Waals surface area contributed by atoms with Crippen LogP contribution in [-0.4, -0.2) is 37.2 Å². The Balaban J connectivity index is 1.64. The van der Waals surface area contributed by atoms with Crippen LogP contribution in [0.25, 0.3) is 0 Å².